The smallest absolute Gasteiger partial charge is 0.243 e. The van der Waals surface area contributed by atoms with Crippen LogP contribution in [0.3, 0.4) is 0 Å². The number of hydrogen-bond donors (Lipinski definition) is 1. The molecule has 1 N–H and O–H groups in total. The molecule has 1 unspecified atom stereocenters. The third kappa shape index (κ3) is 3.40. The van der Waals surface area contributed by atoms with Crippen LogP contribution in [0.15, 0.2) is 23.2 Å². The van der Waals surface area contributed by atoms with Gasteiger partial charge in [0.1, 0.15) is 10.0 Å². The predicted molar refractivity (Wildman–Crippen MR) is 66.4 cm³/mol. The Kier molecular flexibility index (Phi) is 3.70. The van der Waals surface area contributed by atoms with E-state index < -0.39 is 10.0 Å². The number of nitrogens with one attached hydrogen (secondary N) is 1. The van der Waals surface area contributed by atoms with Gasteiger partial charge in [0.05, 0.1) is 0 Å². The molecule has 0 aromatic carbocycles. The van der Waals surface area contributed by atoms with Gasteiger partial charge in [0.25, 0.3) is 0 Å². The summed E-state index contributed by atoms with van der Waals surface area (Å²) in [4.78, 5) is 3.82. The Morgan fingerprint density at radius 2 is 2.29 bits per heavy atom. The lowest BCUT2D eigenvalue weighted by Gasteiger charge is -2.14. The normalized spacial score (nSPS) is 18.0. The Hall–Kier alpha value is -0.650. The molecule has 1 aromatic heterocycles. The van der Waals surface area contributed by atoms with Crippen LogP contribution < -0.4 is 4.72 Å². The van der Waals surface area contributed by atoms with Gasteiger partial charge in [0.15, 0.2) is 0 Å². The number of hydrogen-bond acceptors (Lipinski definition) is 3. The number of rotatable bonds is 5. The molecule has 0 bridgehead atoms. The fourth-order valence-corrected chi connectivity index (χ4v) is 3.51. The van der Waals surface area contributed by atoms with Gasteiger partial charge in [-0.25, -0.2) is 18.1 Å². The average molecular weight is 275 g/mol. The Morgan fingerprint density at radius 1 is 1.59 bits per heavy atom. The highest BCUT2D eigenvalue weighted by molar-refractivity contribution is 7.89. The van der Waals surface area contributed by atoms with Gasteiger partial charge in [-0.1, -0.05) is 24.4 Å². The second-order valence-electron chi connectivity index (χ2n) is 4.49. The molecule has 0 radical (unpaired) electrons. The minimum absolute atomic E-state index is 0.0126. The van der Waals surface area contributed by atoms with Crippen molar-refractivity contribution < 1.29 is 8.42 Å². The van der Waals surface area contributed by atoms with Gasteiger partial charge in [-0.05, 0) is 31.4 Å². The highest BCUT2D eigenvalue weighted by Crippen LogP contribution is 2.33. The summed E-state index contributed by atoms with van der Waals surface area (Å²) in [5, 5.41) is 0.0126. The van der Waals surface area contributed by atoms with Crippen molar-refractivity contribution in [2.75, 3.05) is 0 Å². The van der Waals surface area contributed by atoms with Crippen LogP contribution in [-0.2, 0) is 10.0 Å². The quantitative estimate of drug-likeness (QED) is 0.838. The maximum Gasteiger partial charge on any atom is 0.243 e. The topological polar surface area (TPSA) is 59.1 Å². The standard InChI is InChI=1S/C11H15ClN2O2S/c1-8(7-9-4-5-9)14-17(15,16)10-3-2-6-13-11(10)12/h2-3,6,8-9,14H,4-5,7H2,1H3. The summed E-state index contributed by atoms with van der Waals surface area (Å²) in [6, 6.07) is 2.96. The molecule has 1 fully saturated rings. The Labute approximate surface area is 106 Å². The van der Waals surface area contributed by atoms with Crippen molar-refractivity contribution in [1.29, 1.82) is 0 Å². The van der Waals surface area contributed by atoms with Crippen molar-refractivity contribution in [2.24, 2.45) is 5.92 Å². The van der Waals surface area contributed by atoms with Crippen molar-refractivity contribution in [2.45, 2.75) is 37.1 Å². The van der Waals surface area contributed by atoms with Gasteiger partial charge in [-0.15, -0.1) is 0 Å². The molecule has 1 atom stereocenters. The minimum atomic E-state index is -3.55. The van der Waals surface area contributed by atoms with E-state index in [-0.39, 0.29) is 16.1 Å². The van der Waals surface area contributed by atoms with E-state index in [1.54, 1.807) is 6.07 Å². The Balaban J connectivity index is 2.10. The van der Waals surface area contributed by atoms with E-state index in [4.69, 9.17) is 11.6 Å². The van der Waals surface area contributed by atoms with Crippen LogP contribution in [0.4, 0.5) is 0 Å². The van der Waals surface area contributed by atoms with Crippen molar-refractivity contribution in [3.63, 3.8) is 0 Å². The van der Waals surface area contributed by atoms with Gasteiger partial charge >= 0.3 is 0 Å². The lowest BCUT2D eigenvalue weighted by atomic mass is 10.2. The van der Waals surface area contributed by atoms with Crippen LogP contribution in [0.25, 0.3) is 0 Å². The molecule has 1 saturated carbocycles. The first-order chi connectivity index (χ1) is 7.99. The summed E-state index contributed by atoms with van der Waals surface area (Å²) in [6.07, 6.45) is 4.77. The molecule has 1 aliphatic carbocycles. The number of nitrogens with zero attached hydrogens (tertiary/aromatic N) is 1. The van der Waals surface area contributed by atoms with Gasteiger partial charge < -0.3 is 0 Å². The fraction of sp³-hybridized carbons (Fsp3) is 0.545. The zero-order chi connectivity index (χ0) is 12.5. The number of aromatic nitrogens is 1. The highest BCUT2D eigenvalue weighted by Gasteiger charge is 2.27. The molecule has 0 amide bonds. The van der Waals surface area contributed by atoms with Gasteiger partial charge in [0.2, 0.25) is 10.0 Å². The van der Waals surface area contributed by atoms with Crippen LogP contribution in [0.5, 0.6) is 0 Å². The van der Waals surface area contributed by atoms with Crippen molar-refractivity contribution in [1.82, 2.24) is 9.71 Å². The number of sulfonamides is 1. The summed E-state index contributed by atoms with van der Waals surface area (Å²) in [5.74, 6) is 0.678. The first-order valence-electron chi connectivity index (χ1n) is 5.62. The minimum Gasteiger partial charge on any atom is -0.243 e. The van der Waals surface area contributed by atoms with Crippen molar-refractivity contribution in [3.8, 4) is 0 Å². The zero-order valence-electron chi connectivity index (χ0n) is 9.56. The Bertz CT molecular complexity index is 500. The van der Waals surface area contributed by atoms with Crippen molar-refractivity contribution in [3.05, 3.63) is 23.5 Å². The van der Waals surface area contributed by atoms with Crippen LogP contribution >= 0.6 is 11.6 Å². The van der Waals surface area contributed by atoms with Crippen LogP contribution in [0, 0.1) is 5.92 Å². The lowest BCUT2D eigenvalue weighted by Crippen LogP contribution is -2.33. The van der Waals surface area contributed by atoms with E-state index in [0.717, 1.165) is 6.42 Å². The molecule has 0 aliphatic heterocycles. The SMILES string of the molecule is CC(CC1CC1)NS(=O)(=O)c1cccnc1Cl. The first-order valence-corrected chi connectivity index (χ1v) is 7.48. The monoisotopic (exact) mass is 274 g/mol. The second kappa shape index (κ2) is 4.92. The number of pyridine rings is 1. The summed E-state index contributed by atoms with van der Waals surface area (Å²) in [6.45, 7) is 1.88. The lowest BCUT2D eigenvalue weighted by molar-refractivity contribution is 0.529. The van der Waals surface area contributed by atoms with E-state index in [2.05, 4.69) is 9.71 Å². The zero-order valence-corrected chi connectivity index (χ0v) is 11.1. The largest absolute Gasteiger partial charge is 0.243 e. The van der Waals surface area contributed by atoms with E-state index >= 15 is 0 Å². The summed E-state index contributed by atoms with van der Waals surface area (Å²) >= 11 is 5.78. The predicted octanol–water partition coefficient (Wildman–Crippen LogP) is 2.20. The van der Waals surface area contributed by atoms with Gasteiger partial charge in [-0.2, -0.15) is 0 Å². The van der Waals surface area contributed by atoms with E-state index in [1.165, 1.54) is 25.1 Å². The molecule has 0 spiro atoms. The van der Waals surface area contributed by atoms with Crippen LogP contribution in [0.2, 0.25) is 5.15 Å². The maximum atomic E-state index is 12.0. The van der Waals surface area contributed by atoms with E-state index in [0.29, 0.717) is 5.92 Å². The van der Waals surface area contributed by atoms with Crippen molar-refractivity contribution >= 4 is 21.6 Å². The Morgan fingerprint density at radius 3 is 2.88 bits per heavy atom. The third-order valence-corrected chi connectivity index (χ3v) is 4.79. The van der Waals surface area contributed by atoms with E-state index in [9.17, 15) is 8.42 Å². The molecule has 94 valence electrons. The molecule has 1 aromatic rings. The van der Waals surface area contributed by atoms with Gasteiger partial charge in [-0.3, -0.25) is 0 Å². The summed E-state index contributed by atoms with van der Waals surface area (Å²) in [5.41, 5.74) is 0. The summed E-state index contributed by atoms with van der Waals surface area (Å²) < 4.78 is 26.7. The highest BCUT2D eigenvalue weighted by atomic mass is 35.5. The van der Waals surface area contributed by atoms with E-state index in [1.807, 2.05) is 6.92 Å². The third-order valence-electron chi connectivity index (χ3n) is 2.75. The number of halogens is 1. The molecule has 1 aliphatic rings. The molecule has 6 heteroatoms. The maximum absolute atomic E-state index is 12.0. The average Bonchev–Trinajstić information content (AvgIpc) is 3.00. The molecular weight excluding hydrogens is 260 g/mol. The molecule has 0 saturated heterocycles. The fourth-order valence-electron chi connectivity index (χ4n) is 1.80. The molecular formula is C11H15ClN2O2S. The molecule has 4 nitrogen and oxygen atoms in total. The first kappa shape index (κ1) is 12.8. The second-order valence-corrected chi connectivity index (χ2v) is 6.53. The summed E-state index contributed by atoms with van der Waals surface area (Å²) in [7, 11) is -3.55. The van der Waals surface area contributed by atoms with Gasteiger partial charge in [0, 0.05) is 12.2 Å². The van der Waals surface area contributed by atoms with Crippen LogP contribution in [0.1, 0.15) is 26.2 Å². The van der Waals surface area contributed by atoms with Crippen LogP contribution in [-0.4, -0.2) is 19.4 Å². The molecule has 2 rings (SSSR count). The molecule has 17 heavy (non-hydrogen) atoms. The molecule has 1 heterocycles.